The largest absolute Gasteiger partial charge is 2.00 e. The molecule has 1 N–H and O–H groups in total. The predicted octanol–water partition coefficient (Wildman–Crippen LogP) is 3.27. The van der Waals surface area contributed by atoms with Crippen LogP contribution in [0.15, 0.2) is 30.3 Å². The van der Waals surface area contributed by atoms with Crippen molar-refractivity contribution in [3.63, 3.8) is 0 Å². The fourth-order valence-corrected chi connectivity index (χ4v) is 0.438. The molecule has 54 valence electrons. The average molecular weight is 253 g/mol. The molecule has 3 heteroatoms. The Morgan fingerprint density at radius 2 is 1.27 bits per heavy atom. The second-order valence-corrected chi connectivity index (χ2v) is 1.37. The summed E-state index contributed by atoms with van der Waals surface area (Å²) >= 11 is 0. The van der Waals surface area contributed by atoms with Gasteiger partial charge < -0.3 is 20.6 Å². The van der Waals surface area contributed by atoms with Crippen molar-refractivity contribution in [3.05, 3.63) is 50.9 Å². The van der Waals surface area contributed by atoms with Crippen molar-refractivity contribution < 1.29 is 39.0 Å². The Hall–Kier alpha value is 0.267. The second-order valence-electron chi connectivity index (χ2n) is 1.37. The van der Waals surface area contributed by atoms with E-state index in [9.17, 15) is 0 Å². The first-order chi connectivity index (χ1) is 3.39. The van der Waals surface area contributed by atoms with E-state index in [0.29, 0.717) is 5.69 Å². The smallest absolute Gasteiger partial charge is 0.699 e. The fraction of sp³-hybridized carbons (Fsp3) is 0. The van der Waals surface area contributed by atoms with Crippen molar-refractivity contribution in [1.29, 1.82) is 0 Å². The van der Waals surface area contributed by atoms with Crippen molar-refractivity contribution in [1.82, 2.24) is 0 Å². The van der Waals surface area contributed by atoms with Gasteiger partial charge in [-0.15, -0.1) is 5.69 Å². The first-order valence-corrected chi connectivity index (χ1v) is 2.16. The molecule has 1 nitrogen and oxygen atoms in total. The van der Waals surface area contributed by atoms with Crippen LogP contribution < -0.4 is 0 Å². The minimum Gasteiger partial charge on any atom is -0.699 e. The summed E-state index contributed by atoms with van der Waals surface area (Å²) in [5.41, 5.74) is 7.57. The molecule has 1 rings (SSSR count). The third-order valence-corrected chi connectivity index (χ3v) is 0.774. The Morgan fingerprint density at radius 3 is 1.45 bits per heavy atom. The van der Waals surface area contributed by atoms with Gasteiger partial charge in [0.2, 0.25) is 0 Å². The van der Waals surface area contributed by atoms with E-state index in [1.807, 2.05) is 18.2 Å². The van der Waals surface area contributed by atoms with Crippen LogP contribution in [0.4, 0.5) is 5.69 Å². The number of rotatable bonds is 0. The van der Waals surface area contributed by atoms with E-state index in [2.05, 4.69) is 0 Å². The minimum atomic E-state index is 0. The van der Waals surface area contributed by atoms with Gasteiger partial charge >= 0.3 is 19.5 Å². The normalized spacial score (nSPS) is 5.45. The molecule has 0 heterocycles. The number of hydrogen-bond donors (Lipinski definition) is 0. The first kappa shape index (κ1) is 22.5. The molecule has 1 aromatic carbocycles. The summed E-state index contributed by atoms with van der Waals surface area (Å²) in [5.74, 6) is 0. The van der Waals surface area contributed by atoms with Crippen LogP contribution in [0.2, 0.25) is 0 Å². The molecular formula is C8H12NZn2-. The van der Waals surface area contributed by atoms with Gasteiger partial charge in [0.25, 0.3) is 0 Å². The zero-order valence-corrected chi connectivity index (χ0v) is 13.2. The quantitative estimate of drug-likeness (QED) is 0.500. The topological polar surface area (TPSA) is 23.8 Å². The Kier molecular flexibility index (Phi) is 26.4. The minimum absolute atomic E-state index is 0. The van der Waals surface area contributed by atoms with E-state index in [1.54, 1.807) is 12.1 Å². The van der Waals surface area contributed by atoms with E-state index in [-0.39, 0.29) is 53.8 Å². The van der Waals surface area contributed by atoms with E-state index >= 15 is 0 Å². The maximum atomic E-state index is 7.00. The SMILES string of the molecule is [CH3-].[CH3-].[NH-]c1ccccc1.[Zn+2].[Zn]. The fourth-order valence-electron chi connectivity index (χ4n) is 0.438. The summed E-state index contributed by atoms with van der Waals surface area (Å²) in [5, 5.41) is 0. The molecule has 0 atom stereocenters. The molecule has 0 aliphatic rings. The van der Waals surface area contributed by atoms with Crippen LogP contribution in [0.3, 0.4) is 0 Å². The van der Waals surface area contributed by atoms with Gasteiger partial charge in [-0.25, -0.2) is 0 Å². The molecule has 0 fully saturated rings. The van der Waals surface area contributed by atoms with Crippen LogP contribution >= 0.6 is 0 Å². The summed E-state index contributed by atoms with van der Waals surface area (Å²) in [6, 6.07) is 9.10. The van der Waals surface area contributed by atoms with Crippen LogP contribution in [0.5, 0.6) is 0 Å². The predicted molar refractivity (Wildman–Crippen MR) is 43.3 cm³/mol. The average Bonchev–Trinajstić information content (AvgIpc) is 1.69. The van der Waals surface area contributed by atoms with Gasteiger partial charge in [-0.1, -0.05) is 30.3 Å². The molecule has 11 heavy (non-hydrogen) atoms. The first-order valence-electron chi connectivity index (χ1n) is 2.16. The number of benzene rings is 1. The Morgan fingerprint density at radius 1 is 0.909 bits per heavy atom. The van der Waals surface area contributed by atoms with Crippen LogP contribution in [0.25, 0.3) is 5.73 Å². The van der Waals surface area contributed by atoms with Crippen LogP contribution in [-0.4, -0.2) is 0 Å². The molecular weight excluding hydrogens is 241 g/mol. The third-order valence-electron chi connectivity index (χ3n) is 0.774. The van der Waals surface area contributed by atoms with Gasteiger partial charge in [0.1, 0.15) is 0 Å². The molecule has 0 saturated carbocycles. The molecule has 0 aliphatic heterocycles. The standard InChI is InChI=1S/C6H6N.2CH3.2Zn/c7-6-4-2-1-3-5-6;;;;/h1-5,7H;2*1H3;;/q3*-1;;+2. The van der Waals surface area contributed by atoms with E-state index in [4.69, 9.17) is 5.73 Å². The molecule has 0 spiro atoms. The summed E-state index contributed by atoms with van der Waals surface area (Å²) in [7, 11) is 0. The van der Waals surface area contributed by atoms with Crippen molar-refractivity contribution in [2.75, 3.05) is 0 Å². The maximum Gasteiger partial charge on any atom is 2.00 e. The second kappa shape index (κ2) is 12.9. The molecule has 0 aromatic heterocycles. The van der Waals surface area contributed by atoms with Crippen LogP contribution in [-0.2, 0) is 39.0 Å². The molecule has 1 aromatic rings. The Bertz CT molecular complexity index is 142. The Labute approximate surface area is 95.3 Å². The van der Waals surface area contributed by atoms with Gasteiger partial charge in [-0.3, -0.25) is 0 Å². The van der Waals surface area contributed by atoms with E-state index in [1.165, 1.54) is 0 Å². The van der Waals surface area contributed by atoms with Crippen molar-refractivity contribution in [2.24, 2.45) is 0 Å². The maximum absolute atomic E-state index is 7.00. The molecule has 0 radical (unpaired) electrons. The number of hydrogen-bond acceptors (Lipinski definition) is 0. The van der Waals surface area contributed by atoms with E-state index in [0.717, 1.165) is 0 Å². The van der Waals surface area contributed by atoms with Gasteiger partial charge in [-0.05, 0) is 0 Å². The monoisotopic (exact) mass is 250 g/mol. The zero-order valence-electron chi connectivity index (χ0n) is 7.30. The van der Waals surface area contributed by atoms with E-state index < -0.39 is 0 Å². The summed E-state index contributed by atoms with van der Waals surface area (Å²) in [6.07, 6.45) is 0. The van der Waals surface area contributed by atoms with Gasteiger partial charge in [-0.2, -0.15) is 0 Å². The molecule has 0 unspecified atom stereocenters. The van der Waals surface area contributed by atoms with Crippen molar-refractivity contribution in [3.8, 4) is 0 Å². The molecule has 0 saturated heterocycles. The number of nitrogens with one attached hydrogen (secondary N) is 1. The van der Waals surface area contributed by atoms with Gasteiger partial charge in [0.15, 0.2) is 0 Å². The summed E-state index contributed by atoms with van der Waals surface area (Å²) in [4.78, 5) is 0. The molecule has 0 aliphatic carbocycles. The van der Waals surface area contributed by atoms with Crippen LogP contribution in [0.1, 0.15) is 0 Å². The zero-order chi connectivity index (χ0) is 5.11. The van der Waals surface area contributed by atoms with Crippen LogP contribution in [0, 0.1) is 14.9 Å². The molecule has 0 amide bonds. The van der Waals surface area contributed by atoms with Gasteiger partial charge in [0, 0.05) is 19.5 Å². The van der Waals surface area contributed by atoms with Crippen molar-refractivity contribution in [2.45, 2.75) is 0 Å². The Balaban J connectivity index is -0.0000000612. The third kappa shape index (κ3) is 10.3. The summed E-state index contributed by atoms with van der Waals surface area (Å²) in [6.45, 7) is 0. The van der Waals surface area contributed by atoms with Crippen molar-refractivity contribution >= 4 is 5.69 Å². The van der Waals surface area contributed by atoms with Gasteiger partial charge in [0.05, 0.1) is 0 Å². The molecule has 0 bridgehead atoms. The summed E-state index contributed by atoms with van der Waals surface area (Å²) < 4.78 is 0.